The van der Waals surface area contributed by atoms with Crippen LogP contribution < -0.4 is 64.2 Å². The fourth-order valence-corrected chi connectivity index (χ4v) is 1.80. The van der Waals surface area contributed by atoms with E-state index >= 15 is 0 Å². The fraction of sp³-hybridized carbons (Fsp3) is 0.125. The minimum absolute atomic E-state index is 0. The fourth-order valence-electron chi connectivity index (χ4n) is 0.945. The van der Waals surface area contributed by atoms with Gasteiger partial charge in [-0.2, -0.15) is 0 Å². The number of benzene rings is 1. The Morgan fingerprint density at radius 1 is 1.38 bits per heavy atom. The van der Waals surface area contributed by atoms with Crippen LogP contribution in [0.2, 0.25) is 5.02 Å². The Kier molecular flexibility index (Phi) is 10.0. The Morgan fingerprint density at radius 3 is 2.25 bits per heavy atom. The summed E-state index contributed by atoms with van der Waals surface area (Å²) in [4.78, 5) is 10.3. The zero-order valence-electron chi connectivity index (χ0n) is 9.07. The third-order valence-electron chi connectivity index (χ3n) is 1.71. The van der Waals surface area contributed by atoms with E-state index in [2.05, 4.69) is 0 Å². The molecule has 0 aliphatic carbocycles. The Bertz CT molecular complexity index is 425. The molecule has 0 saturated carbocycles. The largest absolute Gasteiger partial charge is 1.00 e. The second-order valence-corrected chi connectivity index (χ2v) is 3.92. The molecule has 1 atom stereocenters. The molecule has 0 spiro atoms. The maximum absolute atomic E-state index is 10.7. The minimum Gasteiger partial charge on any atom is -0.768 e. The number of rotatable bonds is 2. The van der Waals surface area contributed by atoms with E-state index in [1.807, 2.05) is 0 Å². The van der Waals surface area contributed by atoms with Gasteiger partial charge in [0.1, 0.15) is 0 Å². The van der Waals surface area contributed by atoms with Crippen molar-refractivity contribution in [1.29, 1.82) is 0 Å². The Morgan fingerprint density at radius 2 is 1.88 bits per heavy atom. The van der Waals surface area contributed by atoms with Gasteiger partial charge in [0.15, 0.2) is 0 Å². The van der Waals surface area contributed by atoms with E-state index in [9.17, 15) is 18.7 Å². The zero-order valence-corrected chi connectivity index (χ0v) is 14.6. The van der Waals surface area contributed by atoms with Crippen molar-refractivity contribution in [3.8, 4) is 0 Å². The molecule has 0 radical (unpaired) electrons. The van der Waals surface area contributed by atoms with Gasteiger partial charge in [-0.1, -0.05) is 11.6 Å². The molecule has 0 fully saturated rings. The maximum atomic E-state index is 10.7. The molecule has 0 aliphatic rings. The van der Waals surface area contributed by atoms with Crippen LogP contribution in [-0.4, -0.2) is 14.7 Å². The number of halogens is 1. The molecular weight excluding hydrogens is 274 g/mol. The molecule has 0 aromatic heterocycles. The summed E-state index contributed by atoms with van der Waals surface area (Å²) in [6, 6.07) is 2.17. The second-order valence-electron chi connectivity index (χ2n) is 2.60. The van der Waals surface area contributed by atoms with Crippen molar-refractivity contribution in [2.45, 2.75) is 11.8 Å². The van der Waals surface area contributed by atoms with Gasteiger partial charge >= 0.3 is 59.1 Å². The van der Waals surface area contributed by atoms with Crippen LogP contribution in [0.5, 0.6) is 0 Å². The zero-order chi connectivity index (χ0) is 10.9. The molecule has 8 heteroatoms. The van der Waals surface area contributed by atoms with Gasteiger partial charge in [0.05, 0.1) is 5.97 Å². The quantitative estimate of drug-likeness (QED) is 0.399. The van der Waals surface area contributed by atoms with Gasteiger partial charge in [0.2, 0.25) is 0 Å². The molecule has 0 heterocycles. The molecule has 76 valence electrons. The number of hydrogen-bond acceptors (Lipinski definition) is 4. The van der Waals surface area contributed by atoms with Crippen LogP contribution in [0.15, 0.2) is 17.0 Å². The van der Waals surface area contributed by atoms with Crippen LogP contribution in [0, 0.1) is 6.92 Å². The van der Waals surface area contributed by atoms with E-state index in [1.165, 1.54) is 6.92 Å². The molecule has 0 aliphatic heterocycles. The molecule has 1 aromatic rings. The molecule has 0 saturated heterocycles. The molecular formula is C8H5ClNa2O4S. The summed E-state index contributed by atoms with van der Waals surface area (Å²) in [5, 5.41) is 10.6. The first-order valence-corrected chi connectivity index (χ1v) is 4.99. The van der Waals surface area contributed by atoms with Gasteiger partial charge in [0.25, 0.3) is 0 Å². The topological polar surface area (TPSA) is 80.3 Å². The standard InChI is InChI=1S/C8H7ClO4S.2Na/c1-4-6(9)2-5(8(10)11)3-7(4)14(12)13;;/h2-3H,1H3,(H,10,11)(H,12,13);;/q;2*+1/p-2. The number of aromatic carboxylic acids is 1. The van der Waals surface area contributed by atoms with Gasteiger partial charge in [-0.05, 0) is 41.3 Å². The van der Waals surface area contributed by atoms with Crippen molar-refractivity contribution >= 4 is 28.7 Å². The van der Waals surface area contributed by atoms with Gasteiger partial charge in [-0.25, -0.2) is 0 Å². The van der Waals surface area contributed by atoms with E-state index in [0.29, 0.717) is 5.56 Å². The number of carboxylic acids is 1. The van der Waals surface area contributed by atoms with Gasteiger partial charge in [-0.3, -0.25) is 4.21 Å². The predicted octanol–water partition coefficient (Wildman–Crippen LogP) is -5.74. The molecule has 1 rings (SSSR count). The third-order valence-corrected chi connectivity index (χ3v) is 2.89. The van der Waals surface area contributed by atoms with E-state index in [-0.39, 0.29) is 74.6 Å². The van der Waals surface area contributed by atoms with Crippen molar-refractivity contribution in [2.24, 2.45) is 0 Å². The summed E-state index contributed by atoms with van der Waals surface area (Å²) in [6.45, 7) is 1.49. The van der Waals surface area contributed by atoms with Gasteiger partial charge in [-0.15, -0.1) is 0 Å². The summed E-state index contributed by atoms with van der Waals surface area (Å²) in [5.41, 5.74) is 0.0739. The van der Waals surface area contributed by atoms with E-state index in [1.54, 1.807) is 0 Å². The van der Waals surface area contributed by atoms with Crippen LogP contribution in [0.25, 0.3) is 0 Å². The molecule has 0 N–H and O–H groups in total. The Hall–Kier alpha value is 1.09. The average Bonchev–Trinajstić information content (AvgIpc) is 2.08. The van der Waals surface area contributed by atoms with E-state index in [4.69, 9.17) is 11.6 Å². The van der Waals surface area contributed by atoms with Crippen LogP contribution in [-0.2, 0) is 11.1 Å². The summed E-state index contributed by atoms with van der Waals surface area (Å²) in [7, 11) is 0. The average molecular weight is 279 g/mol. The monoisotopic (exact) mass is 278 g/mol. The molecule has 0 bridgehead atoms. The summed E-state index contributed by atoms with van der Waals surface area (Å²) < 4.78 is 21.4. The number of carbonyl (C=O) groups is 1. The van der Waals surface area contributed by atoms with Crippen molar-refractivity contribution in [3.05, 3.63) is 28.3 Å². The molecule has 0 amide bonds. The van der Waals surface area contributed by atoms with E-state index < -0.39 is 17.0 Å². The smallest absolute Gasteiger partial charge is 0.768 e. The van der Waals surface area contributed by atoms with Crippen molar-refractivity contribution in [3.63, 3.8) is 0 Å². The number of hydrogen-bond donors (Lipinski definition) is 0. The Balaban J connectivity index is 0. The molecule has 1 aromatic carbocycles. The maximum Gasteiger partial charge on any atom is 1.00 e. The second kappa shape index (κ2) is 8.24. The first-order valence-electron chi connectivity index (χ1n) is 3.54. The summed E-state index contributed by atoms with van der Waals surface area (Å²) in [5.74, 6) is -1.46. The van der Waals surface area contributed by atoms with Crippen LogP contribution in [0.4, 0.5) is 0 Å². The minimum atomic E-state index is -2.50. The first kappa shape index (κ1) is 19.4. The number of carbonyl (C=O) groups excluding carboxylic acids is 1. The summed E-state index contributed by atoms with van der Waals surface area (Å²) in [6.07, 6.45) is 0. The van der Waals surface area contributed by atoms with Crippen molar-refractivity contribution < 1.29 is 77.8 Å². The Labute approximate surface area is 145 Å². The van der Waals surface area contributed by atoms with E-state index in [0.717, 1.165) is 12.1 Å². The van der Waals surface area contributed by atoms with Crippen molar-refractivity contribution in [1.82, 2.24) is 0 Å². The van der Waals surface area contributed by atoms with Crippen LogP contribution >= 0.6 is 11.6 Å². The molecule has 4 nitrogen and oxygen atoms in total. The van der Waals surface area contributed by atoms with Crippen LogP contribution in [0.3, 0.4) is 0 Å². The van der Waals surface area contributed by atoms with Crippen molar-refractivity contribution in [2.75, 3.05) is 0 Å². The van der Waals surface area contributed by atoms with Gasteiger partial charge < -0.3 is 14.5 Å². The number of carboxylic acid groups (broad SMARTS) is 1. The normalized spacial score (nSPS) is 10.9. The predicted molar refractivity (Wildman–Crippen MR) is 47.7 cm³/mol. The summed E-state index contributed by atoms with van der Waals surface area (Å²) >= 11 is 3.14. The molecule has 1 unspecified atom stereocenters. The third kappa shape index (κ3) is 4.76. The molecule has 16 heavy (non-hydrogen) atoms. The van der Waals surface area contributed by atoms with Gasteiger partial charge in [0, 0.05) is 9.92 Å². The van der Waals surface area contributed by atoms with Crippen LogP contribution in [0.1, 0.15) is 15.9 Å². The SMILES string of the molecule is Cc1c(Cl)cc(C(=O)[O-])cc1S(=O)[O-].[Na+].[Na+]. The first-order chi connectivity index (χ1) is 6.43.